The van der Waals surface area contributed by atoms with Gasteiger partial charge in [0.1, 0.15) is 18.6 Å². The van der Waals surface area contributed by atoms with Gasteiger partial charge in [0.15, 0.2) is 0 Å². The first-order valence-corrected chi connectivity index (χ1v) is 10.3. The average Bonchev–Trinajstić information content (AvgIpc) is 2.76. The summed E-state index contributed by atoms with van der Waals surface area (Å²) >= 11 is 0. The van der Waals surface area contributed by atoms with Crippen LogP contribution < -0.4 is 9.47 Å². The Morgan fingerprint density at radius 1 is 0.759 bits per heavy atom. The van der Waals surface area contributed by atoms with Gasteiger partial charge in [0.2, 0.25) is 0 Å². The molecule has 0 radical (unpaired) electrons. The third-order valence-electron chi connectivity index (χ3n) is 6.54. The van der Waals surface area contributed by atoms with E-state index >= 15 is 0 Å². The summed E-state index contributed by atoms with van der Waals surface area (Å²) in [5, 5.41) is 4.56. The minimum atomic E-state index is 0.249. The van der Waals surface area contributed by atoms with Gasteiger partial charge >= 0.3 is 0 Å². The zero-order chi connectivity index (χ0) is 20.4. The second-order valence-electron chi connectivity index (χ2n) is 7.94. The Hall–Kier alpha value is -2.53. The van der Waals surface area contributed by atoms with Crippen molar-refractivity contribution in [3.63, 3.8) is 0 Å². The summed E-state index contributed by atoms with van der Waals surface area (Å²) in [6.07, 6.45) is 3.48. The second kappa shape index (κ2) is 8.46. The Labute approximate surface area is 173 Å². The van der Waals surface area contributed by atoms with Crippen LogP contribution in [0.1, 0.15) is 42.5 Å². The lowest BCUT2D eigenvalue weighted by Crippen LogP contribution is -2.51. The largest absolute Gasteiger partial charge is 0.497 e. The average molecular weight is 395 g/mol. The van der Waals surface area contributed by atoms with E-state index < -0.39 is 0 Å². The predicted molar refractivity (Wildman–Crippen MR) is 115 cm³/mol. The second-order valence-corrected chi connectivity index (χ2v) is 7.94. The Morgan fingerprint density at radius 2 is 1.21 bits per heavy atom. The van der Waals surface area contributed by atoms with Crippen LogP contribution >= 0.6 is 0 Å². The van der Waals surface area contributed by atoms with Crippen molar-refractivity contribution in [3.05, 3.63) is 59.7 Å². The van der Waals surface area contributed by atoms with Gasteiger partial charge in [-0.25, -0.2) is 0 Å². The number of nitrogens with zero attached hydrogens (tertiary/aromatic N) is 2. The molecule has 2 aliphatic rings. The first-order chi connectivity index (χ1) is 14.2. The summed E-state index contributed by atoms with van der Waals surface area (Å²) in [5.41, 5.74) is 3.79. The summed E-state index contributed by atoms with van der Waals surface area (Å²) in [7, 11) is 7.32. The van der Waals surface area contributed by atoms with Gasteiger partial charge in [-0.1, -0.05) is 35.8 Å². The maximum atomic E-state index is 5.37. The summed E-state index contributed by atoms with van der Waals surface area (Å²) < 4.78 is 10.7. The molecule has 2 fully saturated rings. The quantitative estimate of drug-likeness (QED) is 0.680. The minimum Gasteiger partial charge on any atom is -0.497 e. The van der Waals surface area contributed by atoms with Crippen LogP contribution in [0.25, 0.3) is 0 Å². The van der Waals surface area contributed by atoms with Crippen molar-refractivity contribution in [1.29, 1.82) is 0 Å². The fourth-order valence-electron chi connectivity index (χ4n) is 5.29. The van der Waals surface area contributed by atoms with E-state index in [4.69, 9.17) is 14.3 Å². The van der Waals surface area contributed by atoms with Gasteiger partial charge in [-0.15, -0.1) is 0 Å². The Balaban J connectivity index is 1.78. The number of benzene rings is 2. The zero-order valence-electron chi connectivity index (χ0n) is 17.7. The molecular weight excluding hydrogens is 364 g/mol. The van der Waals surface area contributed by atoms with E-state index in [1.807, 2.05) is 24.3 Å². The first kappa shape index (κ1) is 19.8. The van der Waals surface area contributed by atoms with Gasteiger partial charge in [0.05, 0.1) is 19.9 Å². The topological polar surface area (TPSA) is 43.3 Å². The molecule has 0 aromatic heterocycles. The number of methoxy groups -OCH3 is 2. The number of piperidine rings is 1. The van der Waals surface area contributed by atoms with Gasteiger partial charge in [-0.3, -0.25) is 4.90 Å². The minimum absolute atomic E-state index is 0.249. The van der Waals surface area contributed by atoms with E-state index in [-0.39, 0.29) is 12.1 Å². The molecule has 4 rings (SSSR count). The lowest BCUT2D eigenvalue weighted by atomic mass is 9.66. The molecule has 4 atom stereocenters. The highest BCUT2D eigenvalue weighted by Crippen LogP contribution is 2.51. The third-order valence-corrected chi connectivity index (χ3v) is 6.54. The molecule has 1 saturated carbocycles. The number of hydrogen-bond donors (Lipinski definition) is 0. The van der Waals surface area contributed by atoms with Crippen LogP contribution in [0.3, 0.4) is 0 Å². The van der Waals surface area contributed by atoms with Crippen molar-refractivity contribution in [1.82, 2.24) is 4.90 Å². The highest BCUT2D eigenvalue weighted by molar-refractivity contribution is 5.91. The van der Waals surface area contributed by atoms with E-state index in [0.717, 1.165) is 24.3 Å². The standard InChI is InChI=1S/C24H30N2O3/c1-26-23(16-8-12-18(27-2)13-9-16)20-6-5-7-21(22(20)25-29-4)24(26)17-10-14-19(28-3)15-11-17/h8-15,20-21,23-24H,5-7H2,1-4H3/t20-,21+,23-,24+. The Bertz CT molecular complexity index is 782. The van der Waals surface area contributed by atoms with Crippen LogP contribution in [0.15, 0.2) is 53.7 Å². The number of hydrogen-bond acceptors (Lipinski definition) is 5. The molecule has 1 heterocycles. The Kier molecular flexibility index (Phi) is 5.76. The fraction of sp³-hybridized carbons (Fsp3) is 0.458. The van der Waals surface area contributed by atoms with Crippen LogP contribution in [0.2, 0.25) is 0 Å². The van der Waals surface area contributed by atoms with Crippen molar-refractivity contribution in [2.75, 3.05) is 28.4 Å². The molecule has 1 aliphatic carbocycles. The maximum absolute atomic E-state index is 5.37. The lowest BCUT2D eigenvalue weighted by molar-refractivity contribution is 0.0609. The molecular formula is C24H30N2O3. The number of rotatable bonds is 5. The third kappa shape index (κ3) is 3.60. The van der Waals surface area contributed by atoms with E-state index in [9.17, 15) is 0 Å². The molecule has 154 valence electrons. The van der Waals surface area contributed by atoms with Crippen LogP contribution in [-0.2, 0) is 4.84 Å². The van der Waals surface area contributed by atoms with E-state index in [1.165, 1.54) is 23.3 Å². The maximum Gasteiger partial charge on any atom is 0.118 e. The summed E-state index contributed by atoms with van der Waals surface area (Å²) in [4.78, 5) is 7.86. The van der Waals surface area contributed by atoms with Crippen molar-refractivity contribution in [2.24, 2.45) is 17.0 Å². The van der Waals surface area contributed by atoms with Gasteiger partial charge in [-0.05, 0) is 55.3 Å². The van der Waals surface area contributed by atoms with Gasteiger partial charge in [0.25, 0.3) is 0 Å². The molecule has 5 nitrogen and oxygen atoms in total. The number of oxime groups is 1. The van der Waals surface area contributed by atoms with Crippen LogP contribution in [-0.4, -0.2) is 39.0 Å². The molecule has 0 amide bonds. The highest BCUT2D eigenvalue weighted by Gasteiger charge is 2.48. The fourth-order valence-corrected chi connectivity index (χ4v) is 5.29. The summed E-state index contributed by atoms with van der Waals surface area (Å²) in [5.74, 6) is 2.49. The molecule has 1 aliphatic heterocycles. The van der Waals surface area contributed by atoms with Crippen molar-refractivity contribution in [3.8, 4) is 11.5 Å². The molecule has 29 heavy (non-hydrogen) atoms. The van der Waals surface area contributed by atoms with Gasteiger partial charge in [-0.2, -0.15) is 0 Å². The molecule has 2 aromatic carbocycles. The van der Waals surface area contributed by atoms with Crippen LogP contribution in [0, 0.1) is 11.8 Å². The highest BCUT2D eigenvalue weighted by atomic mass is 16.6. The first-order valence-electron chi connectivity index (χ1n) is 10.3. The van der Waals surface area contributed by atoms with E-state index in [1.54, 1.807) is 21.3 Å². The number of likely N-dealkylation sites (tertiary alicyclic amines) is 1. The van der Waals surface area contributed by atoms with E-state index in [2.05, 4.69) is 41.4 Å². The molecule has 0 N–H and O–H groups in total. The molecule has 0 spiro atoms. The van der Waals surface area contributed by atoms with Crippen molar-refractivity contribution < 1.29 is 14.3 Å². The molecule has 1 saturated heterocycles. The molecule has 0 unspecified atom stereocenters. The monoisotopic (exact) mass is 394 g/mol. The lowest BCUT2D eigenvalue weighted by Gasteiger charge is -2.52. The van der Waals surface area contributed by atoms with E-state index in [0.29, 0.717) is 11.8 Å². The predicted octanol–water partition coefficient (Wildman–Crippen LogP) is 4.85. The Morgan fingerprint density at radius 3 is 1.59 bits per heavy atom. The summed E-state index contributed by atoms with van der Waals surface area (Å²) in [6, 6.07) is 17.4. The summed E-state index contributed by atoms with van der Waals surface area (Å²) in [6.45, 7) is 0. The molecule has 5 heteroatoms. The SMILES string of the molecule is CON=C1[C@H]2CCC[C@@H]1[C@H](c1ccc(OC)cc1)N(C)[C@@H]2c1ccc(OC)cc1. The van der Waals surface area contributed by atoms with Crippen LogP contribution in [0.5, 0.6) is 11.5 Å². The number of fused-ring (bicyclic) bond motifs is 2. The van der Waals surface area contributed by atoms with Crippen molar-refractivity contribution >= 4 is 5.71 Å². The van der Waals surface area contributed by atoms with Gasteiger partial charge in [0, 0.05) is 23.9 Å². The van der Waals surface area contributed by atoms with Crippen LogP contribution in [0.4, 0.5) is 0 Å². The molecule has 2 bridgehead atoms. The zero-order valence-corrected chi connectivity index (χ0v) is 17.7. The normalized spacial score (nSPS) is 28.2. The number of ether oxygens (including phenoxy) is 2. The molecule has 2 aromatic rings. The van der Waals surface area contributed by atoms with Crippen molar-refractivity contribution in [2.45, 2.75) is 31.3 Å². The van der Waals surface area contributed by atoms with Gasteiger partial charge < -0.3 is 14.3 Å². The smallest absolute Gasteiger partial charge is 0.118 e.